The summed E-state index contributed by atoms with van der Waals surface area (Å²) in [6.45, 7) is 1.81. The summed E-state index contributed by atoms with van der Waals surface area (Å²) in [5.74, 6) is 1.13. The van der Waals surface area contributed by atoms with Gasteiger partial charge in [0, 0.05) is 22.9 Å². The summed E-state index contributed by atoms with van der Waals surface area (Å²) < 4.78 is 7.02. The lowest BCUT2D eigenvalue weighted by molar-refractivity contribution is -0.117. The van der Waals surface area contributed by atoms with Gasteiger partial charge in [-0.3, -0.25) is 4.79 Å². The van der Waals surface area contributed by atoms with Crippen LogP contribution in [0, 0.1) is 11.3 Å². The van der Waals surface area contributed by atoms with Gasteiger partial charge in [-0.25, -0.2) is 0 Å². The minimum absolute atomic E-state index is 0.0678. The fourth-order valence-corrected chi connectivity index (χ4v) is 4.26. The molecule has 134 valence electrons. The van der Waals surface area contributed by atoms with Crippen molar-refractivity contribution in [2.24, 2.45) is 0 Å². The molecular weight excluding hydrogens is 402 g/mol. The molecule has 0 amide bonds. The number of allylic oxidation sites excluding steroid dienone is 4. The zero-order valence-corrected chi connectivity index (χ0v) is 16.5. The van der Waals surface area contributed by atoms with E-state index in [1.807, 2.05) is 49.4 Å². The SMILES string of the molecule is CC1=C(C#N)[C@@H](c2ccccc2)C2=C(C[C@@H](c3ccc(Br)cc3)CC2=O)O1. The quantitative estimate of drug-likeness (QED) is 0.621. The van der Waals surface area contributed by atoms with Crippen molar-refractivity contribution in [1.82, 2.24) is 0 Å². The maximum Gasteiger partial charge on any atom is 0.163 e. The van der Waals surface area contributed by atoms with Crippen molar-refractivity contribution in [2.45, 2.75) is 31.6 Å². The number of Topliss-reactive ketones (excluding diaryl/α,β-unsaturated/α-hetero) is 1. The van der Waals surface area contributed by atoms with E-state index in [1.165, 1.54) is 0 Å². The molecule has 27 heavy (non-hydrogen) atoms. The maximum atomic E-state index is 13.2. The Kier molecular flexibility index (Phi) is 4.72. The molecule has 0 radical (unpaired) electrons. The van der Waals surface area contributed by atoms with Gasteiger partial charge in [0.15, 0.2) is 5.78 Å². The molecule has 3 nitrogen and oxygen atoms in total. The summed E-state index contributed by atoms with van der Waals surface area (Å²) in [7, 11) is 0. The number of ketones is 1. The molecule has 4 heteroatoms. The monoisotopic (exact) mass is 419 g/mol. The number of carbonyl (C=O) groups excluding carboxylic acids is 1. The first-order valence-electron chi connectivity index (χ1n) is 8.94. The van der Waals surface area contributed by atoms with Crippen LogP contribution in [-0.2, 0) is 9.53 Å². The highest BCUT2D eigenvalue weighted by molar-refractivity contribution is 9.10. The molecule has 2 atom stereocenters. The molecule has 2 aliphatic rings. The molecule has 0 saturated carbocycles. The molecule has 4 rings (SSSR count). The summed E-state index contributed by atoms with van der Waals surface area (Å²) in [5, 5.41) is 9.70. The van der Waals surface area contributed by atoms with Crippen molar-refractivity contribution in [3.63, 3.8) is 0 Å². The Bertz CT molecular complexity index is 997. The van der Waals surface area contributed by atoms with Gasteiger partial charge >= 0.3 is 0 Å². The van der Waals surface area contributed by atoms with Gasteiger partial charge in [-0.2, -0.15) is 5.26 Å². The molecule has 0 aromatic heterocycles. The van der Waals surface area contributed by atoms with Crippen LogP contribution in [0.15, 0.2) is 81.7 Å². The molecule has 0 fully saturated rings. The molecule has 1 heterocycles. The third-order valence-electron chi connectivity index (χ3n) is 5.29. The van der Waals surface area contributed by atoms with Crippen LogP contribution in [0.2, 0.25) is 0 Å². The van der Waals surface area contributed by atoms with Gasteiger partial charge in [-0.05, 0) is 36.1 Å². The minimum atomic E-state index is -0.335. The van der Waals surface area contributed by atoms with Crippen LogP contribution in [0.5, 0.6) is 0 Å². The molecule has 0 spiro atoms. The van der Waals surface area contributed by atoms with Crippen molar-refractivity contribution >= 4 is 21.7 Å². The summed E-state index contributed by atoms with van der Waals surface area (Å²) in [5.41, 5.74) is 3.26. The number of nitrogens with zero attached hydrogens (tertiary/aromatic N) is 1. The van der Waals surface area contributed by atoms with Crippen LogP contribution in [0.4, 0.5) is 0 Å². The van der Waals surface area contributed by atoms with E-state index in [9.17, 15) is 10.1 Å². The lowest BCUT2D eigenvalue weighted by Crippen LogP contribution is -2.27. The van der Waals surface area contributed by atoms with Gasteiger partial charge in [0.2, 0.25) is 0 Å². The highest BCUT2D eigenvalue weighted by Crippen LogP contribution is 2.47. The fourth-order valence-electron chi connectivity index (χ4n) is 3.99. The molecule has 0 saturated heterocycles. The lowest BCUT2D eigenvalue weighted by atomic mass is 9.73. The van der Waals surface area contributed by atoms with E-state index in [1.54, 1.807) is 0 Å². The average molecular weight is 420 g/mol. The van der Waals surface area contributed by atoms with Crippen LogP contribution >= 0.6 is 15.9 Å². The van der Waals surface area contributed by atoms with Gasteiger partial charge in [-0.15, -0.1) is 0 Å². The van der Waals surface area contributed by atoms with Crippen LogP contribution in [-0.4, -0.2) is 5.78 Å². The second kappa shape index (κ2) is 7.17. The number of hydrogen-bond acceptors (Lipinski definition) is 3. The van der Waals surface area contributed by atoms with Gasteiger partial charge in [-0.1, -0.05) is 58.4 Å². The number of ether oxygens (including phenoxy) is 1. The normalized spacial score (nSPS) is 22.2. The second-order valence-electron chi connectivity index (χ2n) is 6.94. The molecule has 2 aromatic carbocycles. The lowest BCUT2D eigenvalue weighted by Gasteiger charge is -2.34. The van der Waals surface area contributed by atoms with Crippen molar-refractivity contribution in [3.8, 4) is 6.07 Å². The Hall–Kier alpha value is -2.64. The predicted molar refractivity (Wildman–Crippen MR) is 107 cm³/mol. The van der Waals surface area contributed by atoms with Gasteiger partial charge < -0.3 is 4.74 Å². The van der Waals surface area contributed by atoms with Gasteiger partial charge in [0.1, 0.15) is 11.5 Å². The zero-order chi connectivity index (χ0) is 19.0. The number of carbonyl (C=O) groups is 1. The Balaban J connectivity index is 1.77. The number of rotatable bonds is 2. The van der Waals surface area contributed by atoms with Crippen LogP contribution in [0.3, 0.4) is 0 Å². The average Bonchev–Trinajstić information content (AvgIpc) is 2.68. The highest BCUT2D eigenvalue weighted by atomic mass is 79.9. The second-order valence-corrected chi connectivity index (χ2v) is 7.86. The first-order valence-corrected chi connectivity index (χ1v) is 9.73. The number of hydrogen-bond donors (Lipinski definition) is 0. The largest absolute Gasteiger partial charge is 0.465 e. The Morgan fingerprint density at radius 2 is 1.74 bits per heavy atom. The summed E-state index contributed by atoms with van der Waals surface area (Å²) in [6, 6.07) is 20.1. The number of nitriles is 1. The van der Waals surface area contributed by atoms with E-state index in [0.29, 0.717) is 35.5 Å². The number of benzene rings is 2. The predicted octanol–water partition coefficient (Wildman–Crippen LogP) is 5.76. The van der Waals surface area contributed by atoms with E-state index in [-0.39, 0.29) is 17.6 Å². The highest BCUT2D eigenvalue weighted by Gasteiger charge is 2.40. The first kappa shape index (κ1) is 17.8. The van der Waals surface area contributed by atoms with Crippen LogP contribution in [0.25, 0.3) is 0 Å². The fraction of sp³-hybridized carbons (Fsp3) is 0.217. The van der Waals surface area contributed by atoms with Crippen molar-refractivity contribution in [1.29, 1.82) is 5.26 Å². The van der Waals surface area contributed by atoms with E-state index >= 15 is 0 Å². The third-order valence-corrected chi connectivity index (χ3v) is 5.82. The van der Waals surface area contributed by atoms with E-state index in [2.05, 4.69) is 34.1 Å². The molecule has 1 aliphatic carbocycles. The van der Waals surface area contributed by atoms with Crippen molar-refractivity contribution in [3.05, 3.63) is 92.9 Å². The molecule has 0 N–H and O–H groups in total. The Morgan fingerprint density at radius 3 is 2.41 bits per heavy atom. The molecule has 0 bridgehead atoms. The van der Waals surface area contributed by atoms with E-state index < -0.39 is 0 Å². The first-order chi connectivity index (χ1) is 13.1. The van der Waals surface area contributed by atoms with Gasteiger partial charge in [0.05, 0.1) is 17.6 Å². The number of halogens is 1. The minimum Gasteiger partial charge on any atom is -0.465 e. The molecule has 0 unspecified atom stereocenters. The smallest absolute Gasteiger partial charge is 0.163 e. The topological polar surface area (TPSA) is 50.1 Å². The molecular formula is C23H18BrNO2. The van der Waals surface area contributed by atoms with Crippen molar-refractivity contribution < 1.29 is 9.53 Å². The summed E-state index contributed by atoms with van der Waals surface area (Å²) in [4.78, 5) is 13.2. The Morgan fingerprint density at radius 1 is 1.04 bits per heavy atom. The standard InChI is InChI=1S/C23H18BrNO2/c1-14-19(13-25)22(16-5-3-2-4-6-16)23-20(26)11-17(12-21(23)27-14)15-7-9-18(24)10-8-15/h2-10,17,22H,11-12H2,1H3/t17-,22+/m0/s1. The zero-order valence-electron chi connectivity index (χ0n) is 14.9. The van der Waals surface area contributed by atoms with Crippen LogP contribution < -0.4 is 0 Å². The summed E-state index contributed by atoms with van der Waals surface area (Å²) >= 11 is 3.46. The van der Waals surface area contributed by atoms with E-state index in [0.717, 1.165) is 15.6 Å². The molecule has 2 aromatic rings. The Labute approximate surface area is 167 Å². The summed E-state index contributed by atoms with van der Waals surface area (Å²) in [6.07, 6.45) is 1.10. The van der Waals surface area contributed by atoms with E-state index in [4.69, 9.17) is 4.74 Å². The van der Waals surface area contributed by atoms with Crippen LogP contribution in [0.1, 0.15) is 42.7 Å². The third kappa shape index (κ3) is 3.24. The van der Waals surface area contributed by atoms with Crippen molar-refractivity contribution in [2.75, 3.05) is 0 Å². The maximum absolute atomic E-state index is 13.2. The van der Waals surface area contributed by atoms with Gasteiger partial charge in [0.25, 0.3) is 0 Å². The molecule has 1 aliphatic heterocycles.